The van der Waals surface area contributed by atoms with E-state index in [4.69, 9.17) is 16.3 Å². The number of aliphatic hydroxyl groups excluding tert-OH is 1. The van der Waals surface area contributed by atoms with Crippen molar-refractivity contribution in [2.24, 2.45) is 5.41 Å². The summed E-state index contributed by atoms with van der Waals surface area (Å²) in [5.41, 5.74) is 9.22. The van der Waals surface area contributed by atoms with E-state index in [-0.39, 0.29) is 49.4 Å². The normalized spacial score (nSPS) is 15.6. The van der Waals surface area contributed by atoms with Crippen LogP contribution in [-0.4, -0.2) is 87.5 Å². The molecule has 12 nitrogen and oxygen atoms in total. The minimum Gasteiger partial charge on any atom is -0.508 e. The standard InChI is InChI=1S/C54H64ClN5O7S/c1-36-50(68-35-58-36)41-18-16-37(17-19-41)33-57-52(65)46-32-43(62)34-60(46)53(66)51(54(2,3)4)59-48(64)15-11-6-5-10-14-47(63)56-30-31-67-44-26-22-40(23-27-44)49(39-20-24-42(61)25-21-39)45(28-29-55)38-12-8-7-9-13-38/h7-9,12-13,16-27,35,43,46,51,61-62H,5-6,10-11,14-15,28-34H2,1-4H3,(H,56,63)(H,57,65)(H,59,64)/t43-,46+,51?/m1/s1. The van der Waals surface area contributed by atoms with Crippen LogP contribution in [0.2, 0.25) is 0 Å². The molecule has 1 aliphatic rings. The zero-order valence-electron chi connectivity index (χ0n) is 39.4. The Morgan fingerprint density at radius 2 is 1.47 bits per heavy atom. The summed E-state index contributed by atoms with van der Waals surface area (Å²) in [6.07, 6.45) is 3.26. The number of aryl methyl sites for hydroxylation is 1. The van der Waals surface area contributed by atoms with Crippen LogP contribution in [0.1, 0.15) is 100 Å². The molecule has 4 amide bonds. The maximum absolute atomic E-state index is 14.0. The van der Waals surface area contributed by atoms with E-state index in [1.807, 2.05) is 112 Å². The number of rotatable bonds is 22. The molecule has 5 aromatic rings. The van der Waals surface area contributed by atoms with Gasteiger partial charge in [-0.3, -0.25) is 19.2 Å². The Balaban J connectivity index is 0.894. The van der Waals surface area contributed by atoms with Crippen molar-refractivity contribution in [3.63, 3.8) is 0 Å². The van der Waals surface area contributed by atoms with Crippen LogP contribution in [0.25, 0.3) is 21.6 Å². The number of amides is 4. The molecule has 6 rings (SSSR count). The first-order chi connectivity index (χ1) is 32.7. The van der Waals surface area contributed by atoms with Gasteiger partial charge in [0.2, 0.25) is 23.6 Å². The highest BCUT2D eigenvalue weighted by molar-refractivity contribution is 7.13. The van der Waals surface area contributed by atoms with E-state index in [1.54, 1.807) is 23.5 Å². The number of likely N-dealkylation sites (tertiary alicyclic amines) is 1. The maximum atomic E-state index is 14.0. The second-order valence-electron chi connectivity index (χ2n) is 18.3. The van der Waals surface area contributed by atoms with Gasteiger partial charge >= 0.3 is 0 Å². The fraction of sp³-hybridized carbons (Fsp3) is 0.389. The summed E-state index contributed by atoms with van der Waals surface area (Å²) in [7, 11) is 0. The fourth-order valence-electron chi connectivity index (χ4n) is 8.39. The van der Waals surface area contributed by atoms with Crippen LogP contribution in [0, 0.1) is 12.3 Å². The first kappa shape index (κ1) is 51.4. The van der Waals surface area contributed by atoms with Crippen molar-refractivity contribution in [1.29, 1.82) is 0 Å². The molecule has 0 spiro atoms. The molecule has 3 atom stereocenters. The monoisotopic (exact) mass is 961 g/mol. The number of nitrogens with zero attached hydrogens (tertiary/aromatic N) is 2. The molecule has 0 bridgehead atoms. The van der Waals surface area contributed by atoms with Gasteiger partial charge in [-0.2, -0.15) is 0 Å². The molecule has 0 radical (unpaired) electrons. The van der Waals surface area contributed by atoms with Crippen LogP contribution in [-0.2, 0) is 25.7 Å². The Bertz CT molecular complexity index is 2470. The lowest BCUT2D eigenvalue weighted by Crippen LogP contribution is -2.57. The molecule has 4 aromatic carbocycles. The van der Waals surface area contributed by atoms with Crippen molar-refractivity contribution in [2.45, 2.75) is 104 Å². The number of phenolic OH excluding ortho intramolecular Hbond substituents is 1. The summed E-state index contributed by atoms with van der Waals surface area (Å²) in [5, 5.41) is 29.3. The van der Waals surface area contributed by atoms with E-state index < -0.39 is 29.5 Å². The lowest BCUT2D eigenvalue weighted by molar-refractivity contribution is -0.144. The number of halogens is 1. The van der Waals surface area contributed by atoms with Gasteiger partial charge < -0.3 is 35.8 Å². The van der Waals surface area contributed by atoms with Crippen molar-refractivity contribution in [3.8, 4) is 21.9 Å². The van der Waals surface area contributed by atoms with Crippen molar-refractivity contribution in [3.05, 3.63) is 137 Å². The third-order valence-electron chi connectivity index (χ3n) is 12.0. The second-order valence-corrected chi connectivity index (χ2v) is 19.5. The molecule has 1 saturated heterocycles. The third-order valence-corrected chi connectivity index (χ3v) is 13.2. The third kappa shape index (κ3) is 14.5. The molecule has 0 aliphatic carbocycles. The molecule has 14 heteroatoms. The number of thiazole rings is 1. The SMILES string of the molecule is Cc1ncsc1-c1ccc(CNC(=O)[C@@H]2C[C@@H](O)CN2C(=O)C(NC(=O)CCCCCCC(=O)NCCOc2ccc(C(=C(CCCl)c3ccccc3)c3ccc(O)cc3)cc2)C(C)(C)C)cc1. The van der Waals surface area contributed by atoms with Crippen molar-refractivity contribution >= 4 is 57.7 Å². The predicted molar refractivity (Wildman–Crippen MR) is 270 cm³/mol. The largest absolute Gasteiger partial charge is 0.508 e. The molecule has 5 N–H and O–H groups in total. The van der Waals surface area contributed by atoms with E-state index in [9.17, 15) is 29.4 Å². The zero-order valence-corrected chi connectivity index (χ0v) is 41.0. The summed E-state index contributed by atoms with van der Waals surface area (Å²) < 4.78 is 5.96. The van der Waals surface area contributed by atoms with Gasteiger partial charge in [-0.05, 0) is 94.8 Å². The average Bonchev–Trinajstić information content (AvgIpc) is 3.95. The smallest absolute Gasteiger partial charge is 0.246 e. The molecular formula is C54H64ClN5O7S. The van der Waals surface area contributed by atoms with E-state index in [0.29, 0.717) is 50.5 Å². The van der Waals surface area contributed by atoms with Gasteiger partial charge in [0.25, 0.3) is 0 Å². The molecule has 2 heterocycles. The average molecular weight is 963 g/mol. The molecule has 1 aromatic heterocycles. The first-order valence-corrected chi connectivity index (χ1v) is 24.8. The highest BCUT2D eigenvalue weighted by atomic mass is 35.5. The van der Waals surface area contributed by atoms with Crippen LogP contribution in [0.4, 0.5) is 0 Å². The Hall–Kier alpha value is -6.02. The van der Waals surface area contributed by atoms with Gasteiger partial charge in [-0.1, -0.05) is 112 Å². The Kier molecular flexibility index (Phi) is 18.8. The Morgan fingerprint density at radius 1 is 0.824 bits per heavy atom. The van der Waals surface area contributed by atoms with E-state index in [1.165, 1.54) is 4.90 Å². The summed E-state index contributed by atoms with van der Waals surface area (Å²) >= 11 is 7.87. The van der Waals surface area contributed by atoms with E-state index >= 15 is 0 Å². The lowest BCUT2D eigenvalue weighted by atomic mass is 9.85. The first-order valence-electron chi connectivity index (χ1n) is 23.4. The van der Waals surface area contributed by atoms with Gasteiger partial charge in [0.1, 0.15) is 30.2 Å². The molecule has 1 aliphatic heterocycles. The number of hydrogen-bond donors (Lipinski definition) is 5. The molecule has 360 valence electrons. The second kappa shape index (κ2) is 24.8. The summed E-state index contributed by atoms with van der Waals surface area (Å²) in [6, 6.07) is 31.3. The number of β-amino-alcohol motifs (C(OH)–C–C–N with tert-alkyl or cyclic N) is 1. The zero-order chi connectivity index (χ0) is 48.6. The van der Waals surface area contributed by atoms with Gasteiger partial charge in [0, 0.05) is 38.2 Å². The van der Waals surface area contributed by atoms with Crippen molar-refractivity contribution in [1.82, 2.24) is 25.8 Å². The Morgan fingerprint density at radius 3 is 2.09 bits per heavy atom. The number of alkyl halides is 1. The van der Waals surface area contributed by atoms with Crippen LogP contribution in [0.3, 0.4) is 0 Å². The lowest BCUT2D eigenvalue weighted by Gasteiger charge is -2.35. The number of carbonyl (C=O) groups excluding carboxylic acids is 4. The minimum absolute atomic E-state index is 0.00581. The van der Waals surface area contributed by atoms with E-state index in [2.05, 4.69) is 33.1 Å². The van der Waals surface area contributed by atoms with Crippen molar-refractivity contribution < 1.29 is 34.1 Å². The number of ether oxygens (including phenoxy) is 1. The molecule has 68 heavy (non-hydrogen) atoms. The number of aromatic hydroxyl groups is 1. The van der Waals surface area contributed by atoms with Crippen LogP contribution < -0.4 is 20.7 Å². The number of phenols is 1. The van der Waals surface area contributed by atoms with Crippen LogP contribution in [0.15, 0.2) is 109 Å². The number of aliphatic hydroxyl groups is 1. The van der Waals surface area contributed by atoms with Crippen molar-refractivity contribution in [2.75, 3.05) is 25.6 Å². The van der Waals surface area contributed by atoms with Crippen LogP contribution in [0.5, 0.6) is 11.5 Å². The summed E-state index contributed by atoms with van der Waals surface area (Å²) in [6.45, 7) is 8.49. The van der Waals surface area contributed by atoms with E-state index in [0.717, 1.165) is 62.4 Å². The summed E-state index contributed by atoms with van der Waals surface area (Å²) in [5.74, 6) is 0.235. The highest BCUT2D eigenvalue weighted by Gasteiger charge is 2.44. The molecule has 1 fully saturated rings. The maximum Gasteiger partial charge on any atom is 0.246 e. The van der Waals surface area contributed by atoms with Gasteiger partial charge in [-0.25, -0.2) is 4.98 Å². The summed E-state index contributed by atoms with van der Waals surface area (Å²) in [4.78, 5) is 60.1. The number of aromatic nitrogens is 1. The van der Waals surface area contributed by atoms with Gasteiger partial charge in [0.15, 0.2) is 0 Å². The Labute approximate surface area is 409 Å². The number of allylic oxidation sites excluding steroid dienone is 1. The number of hydrogen-bond acceptors (Lipinski definition) is 9. The quantitative estimate of drug-likeness (QED) is 0.0260. The topological polar surface area (TPSA) is 170 Å². The number of unbranched alkanes of at least 4 members (excludes halogenated alkanes) is 3. The molecule has 1 unspecified atom stereocenters. The number of benzene rings is 4. The highest BCUT2D eigenvalue weighted by Crippen LogP contribution is 2.36. The van der Waals surface area contributed by atoms with Gasteiger partial charge in [0.05, 0.1) is 28.7 Å². The van der Waals surface area contributed by atoms with Gasteiger partial charge in [-0.15, -0.1) is 22.9 Å². The predicted octanol–water partition coefficient (Wildman–Crippen LogP) is 9.06. The fourth-order valence-corrected chi connectivity index (χ4v) is 9.40. The minimum atomic E-state index is -0.897. The molecule has 0 saturated carbocycles. The molecular weight excluding hydrogens is 898 g/mol. The van der Waals surface area contributed by atoms with Crippen LogP contribution >= 0.6 is 22.9 Å². The number of carbonyl (C=O) groups is 4. The number of nitrogens with one attached hydrogen (secondary N) is 3.